The van der Waals surface area contributed by atoms with Crippen LogP contribution in [0.25, 0.3) is 0 Å². The van der Waals surface area contributed by atoms with Gasteiger partial charge in [0.15, 0.2) is 11.9 Å². The second-order valence-corrected chi connectivity index (χ2v) is 5.84. The standard InChI is InChI=1S/C16H14Cl2N2O4/c1-8-4-3-5-11(13(8)21)16(23)24-9(2)15(22)20-14-12(18)6-10(17)7-19-14/h3-7,9,21H,1-2H3,(H,19,20,22)/t9-/m1/s1. The molecule has 24 heavy (non-hydrogen) atoms. The number of para-hydroxylation sites is 1. The Morgan fingerprint density at radius 1 is 1.33 bits per heavy atom. The molecule has 8 heteroatoms. The minimum absolute atomic E-state index is 0.0164. The average Bonchev–Trinajstić information content (AvgIpc) is 2.52. The van der Waals surface area contributed by atoms with Crippen LogP contribution in [-0.4, -0.2) is 28.1 Å². The fraction of sp³-hybridized carbons (Fsp3) is 0.188. The Labute approximate surface area is 148 Å². The Hall–Kier alpha value is -2.31. The van der Waals surface area contributed by atoms with Gasteiger partial charge in [-0.2, -0.15) is 0 Å². The fourth-order valence-electron chi connectivity index (χ4n) is 1.83. The van der Waals surface area contributed by atoms with Crippen molar-refractivity contribution < 1.29 is 19.4 Å². The van der Waals surface area contributed by atoms with Crippen molar-refractivity contribution in [2.75, 3.05) is 5.32 Å². The van der Waals surface area contributed by atoms with E-state index in [0.29, 0.717) is 10.6 Å². The molecular weight excluding hydrogens is 355 g/mol. The third-order valence-electron chi connectivity index (χ3n) is 3.16. The molecule has 0 saturated carbocycles. The van der Waals surface area contributed by atoms with Gasteiger partial charge in [0, 0.05) is 6.20 Å². The number of ether oxygens (including phenoxy) is 1. The van der Waals surface area contributed by atoms with E-state index in [1.807, 2.05) is 0 Å². The summed E-state index contributed by atoms with van der Waals surface area (Å²) in [5.74, 6) is -1.51. The molecule has 0 fully saturated rings. The van der Waals surface area contributed by atoms with Gasteiger partial charge >= 0.3 is 5.97 Å². The van der Waals surface area contributed by atoms with E-state index in [2.05, 4.69) is 10.3 Å². The number of pyridine rings is 1. The number of esters is 1. The Kier molecular flexibility index (Phi) is 5.64. The molecule has 126 valence electrons. The van der Waals surface area contributed by atoms with Gasteiger partial charge in [-0.3, -0.25) is 4.79 Å². The molecule has 0 spiro atoms. The molecule has 2 N–H and O–H groups in total. The highest BCUT2D eigenvalue weighted by molar-refractivity contribution is 6.36. The van der Waals surface area contributed by atoms with Crippen LogP contribution in [0.1, 0.15) is 22.8 Å². The summed E-state index contributed by atoms with van der Waals surface area (Å²) in [6, 6.07) is 6.09. The van der Waals surface area contributed by atoms with E-state index < -0.39 is 18.0 Å². The van der Waals surface area contributed by atoms with Crippen LogP contribution >= 0.6 is 23.2 Å². The quantitative estimate of drug-likeness (QED) is 0.805. The number of phenols is 1. The zero-order valence-electron chi connectivity index (χ0n) is 12.8. The molecule has 1 amide bonds. The lowest BCUT2D eigenvalue weighted by molar-refractivity contribution is -0.123. The van der Waals surface area contributed by atoms with Gasteiger partial charge < -0.3 is 15.2 Å². The van der Waals surface area contributed by atoms with Crippen molar-refractivity contribution in [3.05, 3.63) is 51.6 Å². The maximum absolute atomic E-state index is 12.1. The van der Waals surface area contributed by atoms with Crippen LogP contribution < -0.4 is 5.32 Å². The molecule has 1 heterocycles. The second-order valence-electron chi connectivity index (χ2n) is 4.99. The minimum Gasteiger partial charge on any atom is -0.507 e. The monoisotopic (exact) mass is 368 g/mol. The van der Waals surface area contributed by atoms with Crippen LogP contribution in [0.4, 0.5) is 5.82 Å². The third kappa shape index (κ3) is 4.15. The average molecular weight is 369 g/mol. The van der Waals surface area contributed by atoms with Crippen LogP contribution in [-0.2, 0) is 9.53 Å². The number of hydrogen-bond acceptors (Lipinski definition) is 5. The first-order chi connectivity index (χ1) is 11.3. The lowest BCUT2D eigenvalue weighted by Gasteiger charge is -2.14. The normalized spacial score (nSPS) is 11.7. The summed E-state index contributed by atoms with van der Waals surface area (Å²) >= 11 is 11.6. The van der Waals surface area contributed by atoms with Gasteiger partial charge in [0.05, 0.1) is 10.0 Å². The number of aryl methyl sites for hydroxylation is 1. The highest BCUT2D eigenvalue weighted by Gasteiger charge is 2.22. The predicted molar refractivity (Wildman–Crippen MR) is 90.6 cm³/mol. The number of benzene rings is 1. The number of phenolic OH excluding ortho intramolecular Hbond substituents is 1. The number of hydrogen-bond donors (Lipinski definition) is 2. The van der Waals surface area contributed by atoms with Crippen molar-refractivity contribution in [2.45, 2.75) is 20.0 Å². The van der Waals surface area contributed by atoms with Gasteiger partial charge in [-0.05, 0) is 31.5 Å². The first-order valence-electron chi connectivity index (χ1n) is 6.91. The molecule has 2 aromatic rings. The second kappa shape index (κ2) is 7.51. The maximum Gasteiger partial charge on any atom is 0.342 e. The number of aromatic hydroxyl groups is 1. The molecule has 0 unspecified atom stereocenters. The first-order valence-corrected chi connectivity index (χ1v) is 7.66. The lowest BCUT2D eigenvalue weighted by Crippen LogP contribution is -2.30. The number of aromatic nitrogens is 1. The summed E-state index contributed by atoms with van der Waals surface area (Å²) in [7, 11) is 0. The molecule has 0 aliphatic rings. The maximum atomic E-state index is 12.1. The van der Waals surface area contributed by atoms with Crippen LogP contribution in [0.15, 0.2) is 30.5 Å². The van der Waals surface area contributed by atoms with Crippen molar-refractivity contribution in [3.63, 3.8) is 0 Å². The molecule has 1 atom stereocenters. The van der Waals surface area contributed by atoms with Gasteiger partial charge in [-0.25, -0.2) is 9.78 Å². The molecule has 0 saturated heterocycles. The number of anilines is 1. The number of carbonyl (C=O) groups excluding carboxylic acids is 2. The van der Waals surface area contributed by atoms with Crippen molar-refractivity contribution in [2.24, 2.45) is 0 Å². The van der Waals surface area contributed by atoms with E-state index in [1.54, 1.807) is 19.1 Å². The van der Waals surface area contributed by atoms with Crippen LogP contribution in [0.5, 0.6) is 5.75 Å². The van der Waals surface area contributed by atoms with E-state index in [0.717, 1.165) is 0 Å². The van der Waals surface area contributed by atoms with Crippen LogP contribution in [0, 0.1) is 6.92 Å². The van der Waals surface area contributed by atoms with Gasteiger partial charge in [0.2, 0.25) is 0 Å². The number of nitrogens with one attached hydrogen (secondary N) is 1. The molecular formula is C16H14Cl2N2O4. The topological polar surface area (TPSA) is 88.5 Å². The molecule has 0 aliphatic carbocycles. The van der Waals surface area contributed by atoms with E-state index in [4.69, 9.17) is 27.9 Å². The Morgan fingerprint density at radius 3 is 2.71 bits per heavy atom. The lowest BCUT2D eigenvalue weighted by atomic mass is 10.1. The SMILES string of the molecule is Cc1cccc(C(=O)O[C@H](C)C(=O)Nc2ncc(Cl)cc2Cl)c1O. The minimum atomic E-state index is -1.12. The fourth-order valence-corrected chi connectivity index (χ4v) is 2.25. The van der Waals surface area contributed by atoms with E-state index >= 15 is 0 Å². The molecule has 2 rings (SSSR count). The third-order valence-corrected chi connectivity index (χ3v) is 3.65. The van der Waals surface area contributed by atoms with Gasteiger partial charge in [0.25, 0.3) is 5.91 Å². The largest absolute Gasteiger partial charge is 0.507 e. The summed E-state index contributed by atoms with van der Waals surface area (Å²) in [6.45, 7) is 3.04. The molecule has 0 aliphatic heterocycles. The molecule has 1 aromatic carbocycles. The summed E-state index contributed by atoms with van der Waals surface area (Å²) < 4.78 is 5.06. The summed E-state index contributed by atoms with van der Waals surface area (Å²) in [6.07, 6.45) is 0.204. The zero-order valence-corrected chi connectivity index (χ0v) is 14.4. The summed E-state index contributed by atoms with van der Waals surface area (Å²) in [5, 5.41) is 12.8. The number of nitrogens with zero attached hydrogens (tertiary/aromatic N) is 1. The Bertz CT molecular complexity index is 796. The van der Waals surface area contributed by atoms with Crippen molar-refractivity contribution in [3.8, 4) is 5.75 Å². The first kappa shape index (κ1) is 18.0. The number of rotatable bonds is 4. The predicted octanol–water partition coefficient (Wildman–Crippen LogP) is 3.59. The Morgan fingerprint density at radius 2 is 2.04 bits per heavy atom. The van der Waals surface area contributed by atoms with Crippen molar-refractivity contribution >= 4 is 40.9 Å². The van der Waals surface area contributed by atoms with Crippen molar-refractivity contribution in [1.29, 1.82) is 0 Å². The number of amides is 1. The Balaban J connectivity index is 2.06. The van der Waals surface area contributed by atoms with Crippen LogP contribution in [0.2, 0.25) is 10.0 Å². The van der Waals surface area contributed by atoms with Gasteiger partial charge in [-0.15, -0.1) is 0 Å². The highest BCUT2D eigenvalue weighted by Crippen LogP contribution is 2.24. The number of halogens is 2. The van der Waals surface area contributed by atoms with E-state index in [-0.39, 0.29) is 22.2 Å². The highest BCUT2D eigenvalue weighted by atomic mass is 35.5. The summed E-state index contributed by atoms with van der Waals surface area (Å²) in [4.78, 5) is 28.0. The van der Waals surface area contributed by atoms with Gasteiger partial charge in [-0.1, -0.05) is 35.3 Å². The van der Waals surface area contributed by atoms with Crippen molar-refractivity contribution in [1.82, 2.24) is 4.98 Å². The molecule has 1 aromatic heterocycles. The number of carbonyl (C=O) groups is 2. The van der Waals surface area contributed by atoms with Gasteiger partial charge in [0.1, 0.15) is 11.3 Å². The van der Waals surface area contributed by atoms with E-state index in [9.17, 15) is 14.7 Å². The zero-order chi connectivity index (χ0) is 17.9. The molecule has 0 bridgehead atoms. The smallest absolute Gasteiger partial charge is 0.342 e. The molecule has 6 nitrogen and oxygen atoms in total. The molecule has 0 radical (unpaired) electrons. The van der Waals surface area contributed by atoms with E-state index in [1.165, 1.54) is 25.3 Å². The summed E-state index contributed by atoms with van der Waals surface area (Å²) in [5.41, 5.74) is 0.510. The van der Waals surface area contributed by atoms with Crippen LogP contribution in [0.3, 0.4) is 0 Å².